The number of hydrogen-bond acceptors (Lipinski definition) is 3. The summed E-state index contributed by atoms with van der Waals surface area (Å²) in [4.78, 5) is 11.2. The van der Waals surface area contributed by atoms with Gasteiger partial charge in [0, 0.05) is 12.8 Å². The maximum Gasteiger partial charge on any atom is 0.305 e. The molecule has 0 aromatic carbocycles. The number of aliphatic hydroxyl groups is 1. The Kier molecular flexibility index (Phi) is 19.5. The molecule has 152 valence electrons. The first-order valence-electron chi connectivity index (χ1n) is 11.0. The van der Waals surface area contributed by atoms with Crippen molar-refractivity contribution in [1.82, 2.24) is 0 Å². The maximum atomic E-state index is 11.2. The summed E-state index contributed by atoms with van der Waals surface area (Å²) in [5, 5.41) is 9.62. The number of carbonyl (C=O) groups excluding carboxylic acids is 1. The topological polar surface area (TPSA) is 46.5 Å². The lowest BCUT2D eigenvalue weighted by atomic mass is 10.0. The SMILES string of the molecule is CCCCC(O)C#CCCCCCCCCCCCCCC(=O)OCC. The summed E-state index contributed by atoms with van der Waals surface area (Å²) in [6.07, 6.45) is 17.8. The molecule has 0 aliphatic heterocycles. The summed E-state index contributed by atoms with van der Waals surface area (Å²) in [7, 11) is 0. The van der Waals surface area contributed by atoms with E-state index in [-0.39, 0.29) is 5.97 Å². The second-order valence-corrected chi connectivity index (χ2v) is 7.17. The van der Waals surface area contributed by atoms with Crippen molar-refractivity contribution in [2.45, 2.75) is 123 Å². The minimum atomic E-state index is -0.417. The highest BCUT2D eigenvalue weighted by molar-refractivity contribution is 5.69. The number of carbonyl (C=O) groups is 1. The molecule has 0 aliphatic carbocycles. The summed E-state index contributed by atoms with van der Waals surface area (Å²) < 4.78 is 4.92. The molecule has 0 fully saturated rings. The Bertz CT molecular complexity index is 367. The molecule has 0 amide bonds. The third-order valence-electron chi connectivity index (χ3n) is 4.59. The summed E-state index contributed by atoms with van der Waals surface area (Å²) in [5.74, 6) is 6.01. The van der Waals surface area contributed by atoms with E-state index >= 15 is 0 Å². The lowest BCUT2D eigenvalue weighted by Crippen LogP contribution is -2.03. The average Bonchev–Trinajstić information content (AvgIpc) is 2.63. The standard InChI is InChI=1S/C23H42O3/c1-3-5-19-22(24)20-17-15-13-11-9-7-6-8-10-12-14-16-18-21-23(25)26-4-2/h22,24H,3-16,18-19,21H2,1-2H3. The molecular weight excluding hydrogens is 324 g/mol. The molecule has 1 unspecified atom stereocenters. The van der Waals surface area contributed by atoms with Crippen molar-refractivity contribution >= 4 is 5.97 Å². The molecule has 0 aromatic heterocycles. The first-order chi connectivity index (χ1) is 12.7. The Labute approximate surface area is 162 Å². The van der Waals surface area contributed by atoms with Crippen LogP contribution in [0.4, 0.5) is 0 Å². The molecule has 0 aliphatic rings. The van der Waals surface area contributed by atoms with Crippen LogP contribution in [-0.4, -0.2) is 23.8 Å². The van der Waals surface area contributed by atoms with Crippen molar-refractivity contribution in [2.75, 3.05) is 6.61 Å². The summed E-state index contributed by atoms with van der Waals surface area (Å²) >= 11 is 0. The Morgan fingerprint density at radius 1 is 0.846 bits per heavy atom. The monoisotopic (exact) mass is 366 g/mol. The fraction of sp³-hybridized carbons (Fsp3) is 0.870. The third kappa shape index (κ3) is 19.3. The Morgan fingerprint density at radius 2 is 1.38 bits per heavy atom. The van der Waals surface area contributed by atoms with E-state index in [1.165, 1.54) is 51.4 Å². The quantitative estimate of drug-likeness (QED) is 0.190. The van der Waals surface area contributed by atoms with E-state index in [9.17, 15) is 9.90 Å². The largest absolute Gasteiger partial charge is 0.466 e. The van der Waals surface area contributed by atoms with Gasteiger partial charge in [-0.3, -0.25) is 4.79 Å². The second kappa shape index (κ2) is 20.3. The maximum absolute atomic E-state index is 11.2. The zero-order valence-electron chi connectivity index (χ0n) is 17.4. The fourth-order valence-electron chi connectivity index (χ4n) is 2.97. The zero-order valence-corrected chi connectivity index (χ0v) is 17.4. The zero-order chi connectivity index (χ0) is 19.3. The summed E-state index contributed by atoms with van der Waals surface area (Å²) in [6, 6.07) is 0. The Morgan fingerprint density at radius 3 is 1.92 bits per heavy atom. The van der Waals surface area contributed by atoms with Gasteiger partial charge >= 0.3 is 5.97 Å². The van der Waals surface area contributed by atoms with Crippen LogP contribution in [0, 0.1) is 11.8 Å². The molecule has 0 spiro atoms. The van der Waals surface area contributed by atoms with Gasteiger partial charge in [0.2, 0.25) is 0 Å². The molecule has 0 aromatic rings. The first kappa shape index (κ1) is 25.0. The average molecular weight is 367 g/mol. The van der Waals surface area contributed by atoms with E-state index in [0.717, 1.165) is 44.9 Å². The normalized spacial score (nSPS) is 11.7. The number of aliphatic hydroxyl groups excluding tert-OH is 1. The molecule has 3 nitrogen and oxygen atoms in total. The fourth-order valence-corrected chi connectivity index (χ4v) is 2.97. The summed E-state index contributed by atoms with van der Waals surface area (Å²) in [5.41, 5.74) is 0. The van der Waals surface area contributed by atoms with E-state index in [4.69, 9.17) is 4.74 Å². The van der Waals surface area contributed by atoms with Gasteiger partial charge in [0.25, 0.3) is 0 Å². The minimum Gasteiger partial charge on any atom is -0.466 e. The van der Waals surface area contributed by atoms with E-state index < -0.39 is 6.10 Å². The van der Waals surface area contributed by atoms with Crippen molar-refractivity contribution in [1.29, 1.82) is 0 Å². The highest BCUT2D eigenvalue weighted by Crippen LogP contribution is 2.12. The first-order valence-corrected chi connectivity index (χ1v) is 11.0. The minimum absolute atomic E-state index is 0.0499. The van der Waals surface area contributed by atoms with Gasteiger partial charge in [-0.2, -0.15) is 0 Å². The number of rotatable bonds is 17. The predicted octanol–water partition coefficient (Wildman–Crippen LogP) is 6.18. The van der Waals surface area contributed by atoms with Crippen LogP contribution in [0.5, 0.6) is 0 Å². The van der Waals surface area contributed by atoms with E-state index in [2.05, 4.69) is 18.8 Å². The van der Waals surface area contributed by atoms with Crippen LogP contribution < -0.4 is 0 Å². The number of unbranched alkanes of at least 4 members (excludes halogenated alkanes) is 12. The number of hydrogen-bond donors (Lipinski definition) is 1. The van der Waals surface area contributed by atoms with E-state index in [1.54, 1.807) is 0 Å². The highest BCUT2D eigenvalue weighted by atomic mass is 16.5. The van der Waals surface area contributed by atoms with Gasteiger partial charge in [-0.1, -0.05) is 83.5 Å². The van der Waals surface area contributed by atoms with Crippen LogP contribution in [0.25, 0.3) is 0 Å². The number of esters is 1. The molecule has 0 saturated heterocycles. The second-order valence-electron chi connectivity index (χ2n) is 7.17. The molecule has 0 saturated carbocycles. The third-order valence-corrected chi connectivity index (χ3v) is 4.59. The molecule has 1 N–H and O–H groups in total. The van der Waals surface area contributed by atoms with Crippen molar-refractivity contribution in [3.05, 3.63) is 0 Å². The van der Waals surface area contributed by atoms with Gasteiger partial charge < -0.3 is 9.84 Å². The molecule has 3 heteroatoms. The highest BCUT2D eigenvalue weighted by Gasteiger charge is 2.00. The lowest BCUT2D eigenvalue weighted by Gasteiger charge is -2.03. The van der Waals surface area contributed by atoms with Crippen molar-refractivity contribution in [2.24, 2.45) is 0 Å². The van der Waals surface area contributed by atoms with Crippen molar-refractivity contribution < 1.29 is 14.6 Å². The molecular formula is C23H42O3. The Balaban J connectivity index is 3.20. The molecule has 26 heavy (non-hydrogen) atoms. The van der Waals surface area contributed by atoms with Gasteiger partial charge in [-0.25, -0.2) is 0 Å². The molecule has 0 rings (SSSR count). The molecule has 0 radical (unpaired) electrons. The summed E-state index contributed by atoms with van der Waals surface area (Å²) in [6.45, 7) is 4.48. The van der Waals surface area contributed by atoms with Crippen LogP contribution in [0.15, 0.2) is 0 Å². The van der Waals surface area contributed by atoms with Crippen molar-refractivity contribution in [3.8, 4) is 11.8 Å². The Hall–Kier alpha value is -1.01. The van der Waals surface area contributed by atoms with Crippen LogP contribution in [0.1, 0.15) is 117 Å². The van der Waals surface area contributed by atoms with Crippen LogP contribution in [-0.2, 0) is 9.53 Å². The predicted molar refractivity (Wildman–Crippen MR) is 110 cm³/mol. The molecule has 1 atom stereocenters. The van der Waals surface area contributed by atoms with Gasteiger partial charge in [0.15, 0.2) is 0 Å². The molecule has 0 heterocycles. The van der Waals surface area contributed by atoms with Gasteiger partial charge in [-0.15, -0.1) is 5.92 Å². The van der Waals surface area contributed by atoms with Crippen LogP contribution in [0.3, 0.4) is 0 Å². The van der Waals surface area contributed by atoms with E-state index in [1.807, 2.05) is 6.92 Å². The molecule has 0 bridgehead atoms. The van der Waals surface area contributed by atoms with Crippen molar-refractivity contribution in [3.63, 3.8) is 0 Å². The van der Waals surface area contributed by atoms with Gasteiger partial charge in [0.1, 0.15) is 6.10 Å². The lowest BCUT2D eigenvalue weighted by molar-refractivity contribution is -0.143. The number of ether oxygens (including phenoxy) is 1. The smallest absolute Gasteiger partial charge is 0.305 e. The van der Waals surface area contributed by atoms with Gasteiger partial charge in [-0.05, 0) is 26.2 Å². The van der Waals surface area contributed by atoms with E-state index in [0.29, 0.717) is 13.0 Å². The van der Waals surface area contributed by atoms with Gasteiger partial charge in [0.05, 0.1) is 6.61 Å². The van der Waals surface area contributed by atoms with Crippen LogP contribution in [0.2, 0.25) is 0 Å². The van der Waals surface area contributed by atoms with Crippen LogP contribution >= 0.6 is 0 Å².